The highest BCUT2D eigenvalue weighted by molar-refractivity contribution is 5.80. The van der Waals surface area contributed by atoms with Gasteiger partial charge in [-0.1, -0.05) is 60.7 Å². The van der Waals surface area contributed by atoms with Crippen molar-refractivity contribution in [3.63, 3.8) is 0 Å². The fourth-order valence-corrected chi connectivity index (χ4v) is 3.20. The average molecular weight is 363 g/mol. The third kappa shape index (κ3) is 4.34. The summed E-state index contributed by atoms with van der Waals surface area (Å²) < 4.78 is 18.7. The van der Waals surface area contributed by atoms with Crippen molar-refractivity contribution in [1.82, 2.24) is 4.90 Å². The first-order chi connectivity index (χ1) is 13.1. The molecule has 0 spiro atoms. The molecule has 1 unspecified atom stereocenters. The monoisotopic (exact) mass is 363 g/mol. The molecule has 3 aromatic rings. The molecule has 3 aromatic carbocycles. The number of ether oxygens (including phenoxy) is 1. The van der Waals surface area contributed by atoms with Gasteiger partial charge >= 0.3 is 0 Å². The Morgan fingerprint density at radius 1 is 0.926 bits per heavy atom. The number of hydrogen-bond donors (Lipinski definition) is 0. The molecule has 3 nitrogen and oxygen atoms in total. The number of para-hydroxylation sites is 1. The summed E-state index contributed by atoms with van der Waals surface area (Å²) in [5.74, 6) is 0.350. The zero-order valence-corrected chi connectivity index (χ0v) is 15.4. The Morgan fingerprint density at radius 3 is 2.19 bits per heavy atom. The predicted molar refractivity (Wildman–Crippen MR) is 104 cm³/mol. The lowest BCUT2D eigenvalue weighted by atomic mass is 9.96. The number of nitrogens with zero attached hydrogens (tertiary/aromatic N) is 1. The van der Waals surface area contributed by atoms with Gasteiger partial charge < -0.3 is 9.64 Å². The Kier molecular flexibility index (Phi) is 5.87. The smallest absolute Gasteiger partial charge is 0.227 e. The van der Waals surface area contributed by atoms with Crippen molar-refractivity contribution in [3.8, 4) is 5.75 Å². The number of carbonyl (C=O) groups excluding carboxylic acids is 1. The van der Waals surface area contributed by atoms with Crippen molar-refractivity contribution >= 4 is 5.91 Å². The number of benzene rings is 3. The number of amides is 1. The molecule has 0 radical (unpaired) electrons. The molecule has 1 atom stereocenters. The van der Waals surface area contributed by atoms with Gasteiger partial charge in [-0.3, -0.25) is 4.79 Å². The molecular weight excluding hydrogens is 341 g/mol. The lowest BCUT2D eigenvalue weighted by Crippen LogP contribution is -2.33. The Bertz CT molecular complexity index is 894. The van der Waals surface area contributed by atoms with Gasteiger partial charge in [-0.05, 0) is 29.3 Å². The molecule has 0 fully saturated rings. The van der Waals surface area contributed by atoms with Crippen molar-refractivity contribution in [2.24, 2.45) is 0 Å². The van der Waals surface area contributed by atoms with Crippen LogP contribution in [0.3, 0.4) is 0 Å². The Labute approximate surface area is 159 Å². The van der Waals surface area contributed by atoms with Crippen LogP contribution in [0.15, 0.2) is 78.9 Å². The van der Waals surface area contributed by atoms with Crippen molar-refractivity contribution in [3.05, 3.63) is 101 Å². The Morgan fingerprint density at radius 2 is 1.52 bits per heavy atom. The summed E-state index contributed by atoms with van der Waals surface area (Å²) in [5.41, 5.74) is 2.67. The van der Waals surface area contributed by atoms with Crippen LogP contribution in [0.25, 0.3) is 0 Å². The Balaban J connectivity index is 1.91. The minimum atomic E-state index is -0.298. The Hall–Kier alpha value is -3.14. The highest BCUT2D eigenvalue weighted by Crippen LogP contribution is 2.29. The van der Waals surface area contributed by atoms with Gasteiger partial charge in [0.25, 0.3) is 0 Å². The predicted octanol–water partition coefficient (Wildman–Crippen LogP) is 4.62. The molecule has 0 N–H and O–H groups in total. The minimum Gasteiger partial charge on any atom is -0.496 e. The number of likely N-dealkylation sites (N-methyl/N-ethyl adjacent to an activating group) is 1. The van der Waals surface area contributed by atoms with E-state index in [9.17, 15) is 9.18 Å². The molecule has 4 heteroatoms. The van der Waals surface area contributed by atoms with Gasteiger partial charge in [-0.25, -0.2) is 4.39 Å². The first-order valence-corrected chi connectivity index (χ1v) is 8.78. The summed E-state index contributed by atoms with van der Waals surface area (Å²) in [6, 6.07) is 23.2. The second-order valence-corrected chi connectivity index (χ2v) is 6.36. The van der Waals surface area contributed by atoms with Crippen molar-refractivity contribution in [2.45, 2.75) is 12.5 Å². The fraction of sp³-hybridized carbons (Fsp3) is 0.174. The maximum atomic E-state index is 13.4. The molecule has 0 aliphatic carbocycles. The van der Waals surface area contributed by atoms with E-state index in [4.69, 9.17) is 4.74 Å². The van der Waals surface area contributed by atoms with E-state index in [0.717, 1.165) is 16.7 Å². The molecule has 3 rings (SSSR count). The van der Waals surface area contributed by atoms with Gasteiger partial charge in [0, 0.05) is 12.6 Å². The molecule has 0 saturated heterocycles. The van der Waals surface area contributed by atoms with Crippen LogP contribution < -0.4 is 4.74 Å². The van der Waals surface area contributed by atoms with E-state index in [2.05, 4.69) is 0 Å². The maximum Gasteiger partial charge on any atom is 0.227 e. The lowest BCUT2D eigenvalue weighted by molar-refractivity contribution is -0.130. The van der Waals surface area contributed by atoms with Crippen LogP contribution >= 0.6 is 0 Å². The van der Waals surface area contributed by atoms with E-state index in [0.29, 0.717) is 5.75 Å². The number of rotatable bonds is 6. The summed E-state index contributed by atoms with van der Waals surface area (Å²) in [4.78, 5) is 14.7. The zero-order valence-electron chi connectivity index (χ0n) is 15.4. The van der Waals surface area contributed by atoms with E-state index in [1.165, 1.54) is 12.1 Å². The molecule has 138 valence electrons. The number of hydrogen-bond acceptors (Lipinski definition) is 2. The summed E-state index contributed by atoms with van der Waals surface area (Å²) >= 11 is 0. The van der Waals surface area contributed by atoms with Crippen LogP contribution in [-0.4, -0.2) is 25.0 Å². The van der Waals surface area contributed by atoms with E-state index in [-0.39, 0.29) is 24.2 Å². The average Bonchev–Trinajstić information content (AvgIpc) is 2.70. The van der Waals surface area contributed by atoms with Gasteiger partial charge in [0.1, 0.15) is 11.6 Å². The third-order valence-corrected chi connectivity index (χ3v) is 4.62. The molecule has 0 aliphatic heterocycles. The SMILES string of the molecule is COc1ccccc1CC(=O)N(C)C(c1ccccc1)c1ccc(F)cc1. The lowest BCUT2D eigenvalue weighted by Gasteiger charge is -2.29. The van der Waals surface area contributed by atoms with E-state index in [1.54, 1.807) is 31.2 Å². The van der Waals surface area contributed by atoms with Crippen LogP contribution in [0, 0.1) is 5.82 Å². The van der Waals surface area contributed by atoms with Gasteiger partial charge in [0.05, 0.1) is 19.6 Å². The number of carbonyl (C=O) groups is 1. The summed E-state index contributed by atoms with van der Waals surface area (Å²) in [6.45, 7) is 0. The summed E-state index contributed by atoms with van der Waals surface area (Å²) in [6.07, 6.45) is 0.227. The van der Waals surface area contributed by atoms with Crippen LogP contribution in [0.4, 0.5) is 4.39 Å². The standard InChI is InChI=1S/C23H22FNO2/c1-25(22(26)16-19-10-6-7-11-21(19)27-2)23(17-8-4-3-5-9-17)18-12-14-20(24)15-13-18/h3-15,23H,16H2,1-2H3. The second-order valence-electron chi connectivity index (χ2n) is 6.36. The molecule has 0 aromatic heterocycles. The molecule has 0 heterocycles. The quantitative estimate of drug-likeness (QED) is 0.639. The number of methoxy groups -OCH3 is 1. The molecule has 1 amide bonds. The second kappa shape index (κ2) is 8.49. The highest BCUT2D eigenvalue weighted by atomic mass is 19.1. The van der Waals surface area contributed by atoms with Crippen molar-refractivity contribution < 1.29 is 13.9 Å². The first kappa shape index (κ1) is 18.6. The van der Waals surface area contributed by atoms with Gasteiger partial charge in [0.2, 0.25) is 5.91 Å². The van der Waals surface area contributed by atoms with Crippen LogP contribution in [0.2, 0.25) is 0 Å². The zero-order chi connectivity index (χ0) is 19.2. The molecule has 0 saturated carbocycles. The molecular formula is C23H22FNO2. The van der Waals surface area contributed by atoms with Crippen molar-refractivity contribution in [1.29, 1.82) is 0 Å². The largest absolute Gasteiger partial charge is 0.496 e. The third-order valence-electron chi connectivity index (χ3n) is 4.62. The van der Waals surface area contributed by atoms with Gasteiger partial charge in [-0.2, -0.15) is 0 Å². The number of halogens is 1. The highest BCUT2D eigenvalue weighted by Gasteiger charge is 2.24. The summed E-state index contributed by atoms with van der Waals surface area (Å²) in [5, 5.41) is 0. The maximum absolute atomic E-state index is 13.4. The van der Waals surface area contributed by atoms with Crippen LogP contribution in [0.5, 0.6) is 5.75 Å². The normalized spacial score (nSPS) is 11.7. The summed E-state index contributed by atoms with van der Waals surface area (Å²) in [7, 11) is 3.37. The molecule has 0 aliphatic rings. The van der Waals surface area contributed by atoms with E-state index >= 15 is 0 Å². The van der Waals surface area contributed by atoms with E-state index in [1.807, 2.05) is 54.6 Å². The fourth-order valence-electron chi connectivity index (χ4n) is 3.20. The van der Waals surface area contributed by atoms with Crippen molar-refractivity contribution in [2.75, 3.05) is 14.2 Å². The first-order valence-electron chi connectivity index (χ1n) is 8.78. The topological polar surface area (TPSA) is 29.5 Å². The van der Waals surface area contributed by atoms with Crippen LogP contribution in [0.1, 0.15) is 22.7 Å². The van der Waals surface area contributed by atoms with Gasteiger partial charge in [-0.15, -0.1) is 0 Å². The van der Waals surface area contributed by atoms with Crippen LogP contribution in [-0.2, 0) is 11.2 Å². The van der Waals surface area contributed by atoms with E-state index < -0.39 is 0 Å². The van der Waals surface area contributed by atoms with Gasteiger partial charge in [0.15, 0.2) is 0 Å². The minimum absolute atomic E-state index is 0.0438. The molecule has 0 bridgehead atoms. The molecule has 27 heavy (non-hydrogen) atoms.